The van der Waals surface area contributed by atoms with Crippen molar-refractivity contribution in [1.82, 2.24) is 3.97 Å². The molecule has 1 heterocycles. The highest BCUT2D eigenvalue weighted by molar-refractivity contribution is 7.90. The summed E-state index contributed by atoms with van der Waals surface area (Å²) in [7, 11) is -4.30. The maximum Gasteiger partial charge on any atom is 0.268 e. The van der Waals surface area contributed by atoms with E-state index in [1.54, 1.807) is 0 Å². The Balaban J connectivity index is 2.25. The van der Waals surface area contributed by atoms with Crippen molar-refractivity contribution in [2.24, 2.45) is 0 Å². The number of rotatable bonds is 4. The molecule has 0 amide bonds. The molecule has 3 rings (SSSR count). The second-order valence-electron chi connectivity index (χ2n) is 5.35. The van der Waals surface area contributed by atoms with Gasteiger partial charge in [0.2, 0.25) is 0 Å². The predicted molar refractivity (Wildman–Crippen MR) is 93.5 cm³/mol. The summed E-state index contributed by atoms with van der Waals surface area (Å²) >= 11 is 0. The van der Waals surface area contributed by atoms with Crippen LogP contribution in [0.5, 0.6) is 0 Å². The molecule has 0 aliphatic carbocycles. The van der Waals surface area contributed by atoms with Crippen LogP contribution in [0.1, 0.15) is 9.68 Å². The third-order valence-electron chi connectivity index (χ3n) is 3.59. The Labute approximate surface area is 153 Å². The van der Waals surface area contributed by atoms with Crippen LogP contribution in [0.3, 0.4) is 0 Å². The number of hydrogen-bond acceptors (Lipinski definition) is 3. The fourth-order valence-electron chi connectivity index (χ4n) is 2.45. The molecule has 5 nitrogen and oxygen atoms in total. The van der Waals surface area contributed by atoms with E-state index in [1.165, 1.54) is 24.3 Å². The van der Waals surface area contributed by atoms with Crippen molar-refractivity contribution in [3.05, 3.63) is 83.2 Å². The van der Waals surface area contributed by atoms with E-state index in [0.29, 0.717) is 6.21 Å². The van der Waals surface area contributed by atoms with Gasteiger partial charge < -0.3 is 5.21 Å². The van der Waals surface area contributed by atoms with Crippen LogP contribution in [0.4, 0.5) is 8.78 Å². The zero-order chi connectivity index (χ0) is 21.4. The highest BCUT2D eigenvalue weighted by Crippen LogP contribution is 2.28. The normalized spacial score (nSPS) is 14.5. The quantitative estimate of drug-likeness (QED) is 0.303. The fourth-order valence-corrected chi connectivity index (χ4v) is 3.83. The van der Waals surface area contributed by atoms with Gasteiger partial charge in [0.25, 0.3) is 10.0 Å². The smallest absolute Gasteiger partial charge is 0.268 e. The second kappa shape index (κ2) is 6.72. The average Bonchev–Trinajstić information content (AvgIpc) is 3.06. The molecule has 0 aliphatic rings. The van der Waals surface area contributed by atoms with Crippen molar-refractivity contribution in [3.63, 3.8) is 0 Å². The Hall–Kier alpha value is -3.00. The molecule has 2 aromatic carbocycles. The molecule has 0 fully saturated rings. The molecule has 3 aromatic rings. The summed E-state index contributed by atoms with van der Waals surface area (Å²) in [5, 5.41) is 11.7. The number of aromatic nitrogens is 1. The Morgan fingerprint density at radius 3 is 2.50 bits per heavy atom. The lowest BCUT2D eigenvalue weighted by atomic mass is 10.1. The minimum absolute atomic E-state index is 0.0694. The number of hydroxylamine groups is 1. The van der Waals surface area contributed by atoms with Crippen LogP contribution in [-0.4, -0.2) is 30.3 Å². The number of halogens is 2. The summed E-state index contributed by atoms with van der Waals surface area (Å²) in [6.07, 6.45) is 1.69. The van der Waals surface area contributed by atoms with E-state index in [4.69, 9.17) is 4.11 Å². The molecular weight excluding hydrogens is 362 g/mol. The van der Waals surface area contributed by atoms with Crippen molar-refractivity contribution in [2.45, 2.75) is 4.90 Å². The van der Waals surface area contributed by atoms with Crippen LogP contribution in [-0.2, 0) is 10.0 Å². The molecule has 134 valence electrons. The number of hydrogen-bond donors (Lipinski definition) is 0. The molecule has 0 aliphatic heterocycles. The van der Waals surface area contributed by atoms with Gasteiger partial charge in [0.1, 0.15) is 22.7 Å². The summed E-state index contributed by atoms with van der Waals surface area (Å²) in [5.41, 5.74) is -0.276. The summed E-state index contributed by atoms with van der Waals surface area (Å²) < 4.78 is 75.4. The van der Waals surface area contributed by atoms with Crippen LogP contribution in [0.15, 0.2) is 65.7 Å². The van der Waals surface area contributed by atoms with E-state index in [-0.39, 0.29) is 26.5 Å². The molecule has 1 aromatic heterocycles. The van der Waals surface area contributed by atoms with Gasteiger partial charge in [-0.3, -0.25) is 0 Å². The first-order valence-electron chi connectivity index (χ1n) is 8.80. The van der Waals surface area contributed by atoms with Crippen molar-refractivity contribution >= 4 is 16.2 Å². The SMILES string of the molecule is [2H]C([2H])([2H])[N+]([O-])=Cc1cc(-c2ccccc2F)n(S(=O)(=O)c2ccc(F)cc2)c1. The molecule has 26 heavy (non-hydrogen) atoms. The first-order valence-corrected chi connectivity index (χ1v) is 8.74. The molecule has 0 atom stereocenters. The zero-order valence-corrected chi connectivity index (χ0v) is 14.0. The summed E-state index contributed by atoms with van der Waals surface area (Å²) in [4.78, 5) is -0.270. The minimum Gasteiger partial charge on any atom is -0.624 e. The van der Waals surface area contributed by atoms with Crippen molar-refractivity contribution in [1.29, 1.82) is 0 Å². The van der Waals surface area contributed by atoms with E-state index >= 15 is 0 Å². The van der Waals surface area contributed by atoms with E-state index in [2.05, 4.69) is 0 Å². The Bertz CT molecular complexity index is 1190. The predicted octanol–water partition coefficient (Wildman–Crippen LogP) is 3.23. The molecular formula is C18H14F2N2O3S. The summed E-state index contributed by atoms with van der Waals surface area (Å²) in [5.74, 6) is -1.36. The highest BCUT2D eigenvalue weighted by Gasteiger charge is 2.23. The molecule has 0 spiro atoms. The summed E-state index contributed by atoms with van der Waals surface area (Å²) in [6, 6.07) is 10.6. The molecule has 0 saturated heterocycles. The number of nitrogens with zero attached hydrogens (tertiary/aromatic N) is 2. The van der Waals surface area contributed by atoms with Crippen LogP contribution in [0.2, 0.25) is 0 Å². The van der Waals surface area contributed by atoms with Gasteiger partial charge >= 0.3 is 0 Å². The lowest BCUT2D eigenvalue weighted by Crippen LogP contribution is -2.13. The molecule has 0 unspecified atom stereocenters. The molecule has 8 heteroatoms. The van der Waals surface area contributed by atoms with Gasteiger partial charge in [-0.05, 0) is 42.5 Å². The van der Waals surface area contributed by atoms with Gasteiger partial charge in [0.15, 0.2) is 6.21 Å². The Morgan fingerprint density at radius 1 is 1.15 bits per heavy atom. The second-order valence-corrected chi connectivity index (χ2v) is 7.16. The van der Waals surface area contributed by atoms with E-state index in [9.17, 15) is 22.4 Å². The maximum absolute atomic E-state index is 14.3. The first kappa shape index (κ1) is 14.2. The topological polar surface area (TPSA) is 65.1 Å². The lowest BCUT2D eigenvalue weighted by Gasteiger charge is -2.11. The molecule has 0 N–H and O–H groups in total. The highest BCUT2D eigenvalue weighted by atomic mass is 32.2. The third-order valence-corrected chi connectivity index (χ3v) is 5.28. The first-order chi connectivity index (χ1) is 13.5. The lowest BCUT2D eigenvalue weighted by molar-refractivity contribution is -0.416. The summed E-state index contributed by atoms with van der Waals surface area (Å²) in [6.45, 7) is -2.99. The van der Waals surface area contributed by atoms with Crippen LogP contribution in [0.25, 0.3) is 11.3 Å². The third kappa shape index (κ3) is 3.36. The van der Waals surface area contributed by atoms with Gasteiger partial charge in [-0.25, -0.2) is 25.9 Å². The van der Waals surface area contributed by atoms with E-state index in [1.807, 2.05) is 0 Å². The van der Waals surface area contributed by atoms with Gasteiger partial charge in [-0.15, -0.1) is 0 Å². The Kier molecular flexibility index (Phi) is 3.67. The molecule has 0 saturated carbocycles. The Morgan fingerprint density at radius 2 is 1.85 bits per heavy atom. The van der Waals surface area contributed by atoms with E-state index < -0.39 is 28.6 Å². The standard InChI is InChI=1S/C18H14F2N2O3S/c1-21(23)11-13-10-18(16-4-2-3-5-17(16)20)22(12-13)26(24,25)15-8-6-14(19)7-9-15/h2-12H,1H3/i1D3. The molecule has 0 radical (unpaired) electrons. The van der Waals surface area contributed by atoms with Crippen molar-refractivity contribution in [2.75, 3.05) is 6.98 Å². The van der Waals surface area contributed by atoms with Crippen LogP contribution in [0, 0.1) is 16.8 Å². The zero-order valence-electron chi connectivity index (χ0n) is 16.1. The minimum atomic E-state index is -4.30. The average molecular weight is 379 g/mol. The monoisotopic (exact) mass is 379 g/mol. The van der Waals surface area contributed by atoms with Crippen LogP contribution >= 0.6 is 0 Å². The van der Waals surface area contributed by atoms with Gasteiger partial charge in [-0.1, -0.05) is 12.1 Å². The number of benzene rings is 2. The van der Waals surface area contributed by atoms with Crippen molar-refractivity contribution in [3.8, 4) is 11.3 Å². The molecule has 0 bridgehead atoms. The van der Waals surface area contributed by atoms with Crippen LogP contribution < -0.4 is 0 Å². The fraction of sp³-hybridized carbons (Fsp3) is 0.0556. The largest absolute Gasteiger partial charge is 0.624 e. The van der Waals surface area contributed by atoms with Gasteiger partial charge in [0, 0.05) is 11.8 Å². The van der Waals surface area contributed by atoms with Crippen molar-refractivity contribution < 1.29 is 26.0 Å². The van der Waals surface area contributed by atoms with E-state index in [0.717, 1.165) is 40.5 Å². The van der Waals surface area contributed by atoms with Gasteiger partial charge in [0.05, 0.1) is 16.2 Å². The van der Waals surface area contributed by atoms with Gasteiger partial charge in [-0.2, -0.15) is 0 Å². The maximum atomic E-state index is 14.3.